The molecule has 5 nitrogen and oxygen atoms in total. The molecule has 0 saturated carbocycles. The van der Waals surface area contributed by atoms with Crippen molar-refractivity contribution in [2.24, 2.45) is 0 Å². The van der Waals surface area contributed by atoms with Gasteiger partial charge in [0.25, 0.3) is 5.91 Å². The highest BCUT2D eigenvalue weighted by Crippen LogP contribution is 2.17. The van der Waals surface area contributed by atoms with Gasteiger partial charge in [0.1, 0.15) is 0 Å². The van der Waals surface area contributed by atoms with Gasteiger partial charge in [0.2, 0.25) is 0 Å². The second-order valence-corrected chi connectivity index (χ2v) is 6.25. The average molecular weight is 321 g/mol. The number of aromatic nitrogens is 2. The van der Waals surface area contributed by atoms with Crippen LogP contribution in [-0.2, 0) is 6.54 Å². The van der Waals surface area contributed by atoms with Crippen LogP contribution in [0.2, 0.25) is 0 Å². The molecule has 122 valence electrons. The van der Waals surface area contributed by atoms with Crippen LogP contribution in [0.15, 0.2) is 54.9 Å². The zero-order chi connectivity index (χ0) is 16.5. The van der Waals surface area contributed by atoms with Crippen LogP contribution < -0.4 is 0 Å². The number of fused-ring (bicyclic) bond motifs is 1. The summed E-state index contributed by atoms with van der Waals surface area (Å²) in [7, 11) is 0. The van der Waals surface area contributed by atoms with Gasteiger partial charge in [-0.1, -0.05) is 24.3 Å². The fourth-order valence-corrected chi connectivity index (χ4v) is 3.19. The van der Waals surface area contributed by atoms with Crippen molar-refractivity contribution in [3.05, 3.63) is 66.0 Å². The fraction of sp³-hybridized carbons (Fsp3) is 0.263. The number of amides is 1. The van der Waals surface area contributed by atoms with E-state index in [9.17, 15) is 9.90 Å². The van der Waals surface area contributed by atoms with E-state index in [1.165, 1.54) is 0 Å². The van der Waals surface area contributed by atoms with Crippen molar-refractivity contribution in [2.45, 2.75) is 19.1 Å². The first-order chi connectivity index (χ1) is 11.7. The predicted octanol–water partition coefficient (Wildman–Crippen LogP) is 2.29. The van der Waals surface area contributed by atoms with Crippen molar-refractivity contribution in [1.82, 2.24) is 14.5 Å². The van der Waals surface area contributed by atoms with Crippen LogP contribution >= 0.6 is 0 Å². The first-order valence-corrected chi connectivity index (χ1v) is 8.17. The maximum atomic E-state index is 12.4. The Morgan fingerprint density at radius 3 is 2.71 bits per heavy atom. The lowest BCUT2D eigenvalue weighted by Crippen LogP contribution is -2.29. The summed E-state index contributed by atoms with van der Waals surface area (Å²) in [6, 6.07) is 15.7. The fourth-order valence-electron chi connectivity index (χ4n) is 3.19. The summed E-state index contributed by atoms with van der Waals surface area (Å²) < 4.78 is 2.10. The molecule has 4 rings (SSSR count). The van der Waals surface area contributed by atoms with E-state index in [1.807, 2.05) is 48.8 Å². The van der Waals surface area contributed by atoms with Crippen LogP contribution in [0, 0.1) is 0 Å². The number of para-hydroxylation sites is 2. The standard InChI is InChI=1S/C19H19N3O2/c23-16-9-10-21(12-16)19(24)15-7-5-14(6-8-15)11-22-13-20-17-3-1-2-4-18(17)22/h1-8,13,16,23H,9-12H2/t16-/m1/s1. The largest absolute Gasteiger partial charge is 0.391 e. The lowest BCUT2D eigenvalue weighted by atomic mass is 10.1. The Kier molecular flexibility index (Phi) is 3.78. The molecule has 1 atom stereocenters. The molecule has 1 saturated heterocycles. The molecule has 1 aliphatic heterocycles. The van der Waals surface area contributed by atoms with Crippen molar-refractivity contribution < 1.29 is 9.90 Å². The second-order valence-electron chi connectivity index (χ2n) is 6.25. The van der Waals surface area contributed by atoms with E-state index in [1.54, 1.807) is 4.90 Å². The molecule has 3 aromatic rings. The number of carbonyl (C=O) groups is 1. The maximum absolute atomic E-state index is 12.4. The molecule has 2 heterocycles. The summed E-state index contributed by atoms with van der Waals surface area (Å²) in [5.74, 6) is -0.00817. The number of likely N-dealkylation sites (tertiary alicyclic amines) is 1. The van der Waals surface area contributed by atoms with Gasteiger partial charge >= 0.3 is 0 Å². The number of carbonyl (C=O) groups excluding carboxylic acids is 1. The van der Waals surface area contributed by atoms with E-state index < -0.39 is 0 Å². The number of nitrogens with zero attached hydrogens (tertiary/aromatic N) is 3. The Labute approximate surface area is 140 Å². The minimum Gasteiger partial charge on any atom is -0.391 e. The molecule has 5 heteroatoms. The summed E-state index contributed by atoms with van der Waals surface area (Å²) in [6.07, 6.45) is 2.12. The molecule has 0 spiro atoms. The quantitative estimate of drug-likeness (QED) is 0.805. The Bertz CT molecular complexity index is 870. The van der Waals surface area contributed by atoms with Gasteiger partial charge in [-0.2, -0.15) is 0 Å². The van der Waals surface area contributed by atoms with Crippen LogP contribution in [-0.4, -0.2) is 44.7 Å². The first kappa shape index (κ1) is 14.9. The molecule has 1 N–H and O–H groups in total. The zero-order valence-corrected chi connectivity index (χ0v) is 13.3. The van der Waals surface area contributed by atoms with Crippen LogP contribution in [0.4, 0.5) is 0 Å². The summed E-state index contributed by atoms with van der Waals surface area (Å²) in [5.41, 5.74) is 3.88. The summed E-state index contributed by atoms with van der Waals surface area (Å²) in [4.78, 5) is 18.5. The Balaban J connectivity index is 1.50. The molecule has 1 amide bonds. The molecule has 0 radical (unpaired) electrons. The zero-order valence-electron chi connectivity index (χ0n) is 13.3. The lowest BCUT2D eigenvalue weighted by Gasteiger charge is -2.15. The van der Waals surface area contributed by atoms with E-state index in [0.717, 1.165) is 23.1 Å². The molecule has 1 aliphatic rings. The third-order valence-corrected chi connectivity index (χ3v) is 4.53. The van der Waals surface area contributed by atoms with Crippen molar-refractivity contribution in [2.75, 3.05) is 13.1 Å². The number of rotatable bonds is 3. The monoisotopic (exact) mass is 321 g/mol. The van der Waals surface area contributed by atoms with Crippen molar-refractivity contribution >= 4 is 16.9 Å². The van der Waals surface area contributed by atoms with Crippen molar-refractivity contribution in [3.63, 3.8) is 0 Å². The molecular weight excluding hydrogens is 302 g/mol. The molecule has 2 aromatic carbocycles. The minimum atomic E-state index is -0.386. The van der Waals surface area contributed by atoms with Gasteiger partial charge in [-0.3, -0.25) is 4.79 Å². The highest BCUT2D eigenvalue weighted by atomic mass is 16.3. The van der Waals surface area contributed by atoms with Gasteiger partial charge in [0.15, 0.2) is 0 Å². The van der Waals surface area contributed by atoms with Gasteiger partial charge in [-0.15, -0.1) is 0 Å². The molecule has 1 aromatic heterocycles. The number of aliphatic hydroxyl groups is 1. The highest BCUT2D eigenvalue weighted by Gasteiger charge is 2.25. The van der Waals surface area contributed by atoms with Gasteiger partial charge < -0.3 is 14.6 Å². The minimum absolute atomic E-state index is 0.00817. The third kappa shape index (κ3) is 2.78. The van der Waals surface area contributed by atoms with E-state index in [4.69, 9.17) is 0 Å². The normalized spacial score (nSPS) is 17.5. The van der Waals surface area contributed by atoms with Crippen LogP contribution in [0.25, 0.3) is 11.0 Å². The molecule has 0 aliphatic carbocycles. The summed E-state index contributed by atoms with van der Waals surface area (Å²) in [6.45, 7) is 1.78. The number of β-amino-alcohol motifs (C(OH)–C–C–N with tert-alkyl or cyclic N) is 1. The van der Waals surface area contributed by atoms with E-state index in [0.29, 0.717) is 25.1 Å². The van der Waals surface area contributed by atoms with E-state index in [-0.39, 0.29) is 12.0 Å². The Hall–Kier alpha value is -2.66. The van der Waals surface area contributed by atoms with Gasteiger partial charge in [-0.25, -0.2) is 4.98 Å². The van der Waals surface area contributed by atoms with Crippen LogP contribution in [0.3, 0.4) is 0 Å². The van der Waals surface area contributed by atoms with Crippen molar-refractivity contribution in [3.8, 4) is 0 Å². The number of imidazole rings is 1. The third-order valence-electron chi connectivity index (χ3n) is 4.53. The number of aliphatic hydroxyl groups excluding tert-OH is 1. The van der Waals surface area contributed by atoms with E-state index in [2.05, 4.69) is 15.6 Å². The smallest absolute Gasteiger partial charge is 0.253 e. The van der Waals surface area contributed by atoms with Gasteiger partial charge in [0.05, 0.1) is 23.5 Å². The molecular formula is C19H19N3O2. The van der Waals surface area contributed by atoms with Crippen molar-refractivity contribution in [1.29, 1.82) is 0 Å². The second kappa shape index (κ2) is 6.09. The summed E-state index contributed by atoms with van der Waals surface area (Å²) >= 11 is 0. The number of hydrogen-bond donors (Lipinski definition) is 1. The molecule has 1 fully saturated rings. The average Bonchev–Trinajstić information content (AvgIpc) is 3.22. The van der Waals surface area contributed by atoms with Gasteiger partial charge in [0, 0.05) is 25.2 Å². The Morgan fingerprint density at radius 1 is 1.17 bits per heavy atom. The van der Waals surface area contributed by atoms with Crippen LogP contribution in [0.1, 0.15) is 22.3 Å². The van der Waals surface area contributed by atoms with E-state index >= 15 is 0 Å². The SMILES string of the molecule is O=C(c1ccc(Cn2cnc3ccccc32)cc1)N1CC[C@@H](O)C1. The summed E-state index contributed by atoms with van der Waals surface area (Å²) in [5, 5.41) is 9.57. The highest BCUT2D eigenvalue weighted by molar-refractivity contribution is 5.94. The predicted molar refractivity (Wildman–Crippen MR) is 91.8 cm³/mol. The van der Waals surface area contributed by atoms with Gasteiger partial charge in [-0.05, 0) is 36.2 Å². The number of benzene rings is 2. The first-order valence-electron chi connectivity index (χ1n) is 8.17. The molecule has 0 bridgehead atoms. The topological polar surface area (TPSA) is 58.4 Å². The molecule has 0 unspecified atom stereocenters. The van der Waals surface area contributed by atoms with Crippen LogP contribution in [0.5, 0.6) is 0 Å². The molecule has 24 heavy (non-hydrogen) atoms. The Morgan fingerprint density at radius 2 is 1.96 bits per heavy atom. The maximum Gasteiger partial charge on any atom is 0.253 e. The number of hydrogen-bond acceptors (Lipinski definition) is 3. The lowest BCUT2D eigenvalue weighted by molar-refractivity contribution is 0.0765.